The molecule has 1 aliphatic heterocycles. The summed E-state index contributed by atoms with van der Waals surface area (Å²) < 4.78 is 5.65. The molecule has 2 rings (SSSR count). The van der Waals surface area contributed by atoms with Crippen LogP contribution in [-0.4, -0.2) is 18.6 Å². The summed E-state index contributed by atoms with van der Waals surface area (Å²) in [6.07, 6.45) is -0.576. The van der Waals surface area contributed by atoms with Gasteiger partial charge >= 0.3 is 0 Å². The third kappa shape index (κ3) is 1.76. The number of benzene rings is 1. The van der Waals surface area contributed by atoms with E-state index in [1.54, 1.807) is 0 Å². The van der Waals surface area contributed by atoms with Gasteiger partial charge in [-0.1, -0.05) is 26.0 Å². The number of para-hydroxylation sites is 1. The smallest absolute Gasteiger partial charge is 0.266 e. The average molecular weight is 220 g/mol. The van der Waals surface area contributed by atoms with Crippen LogP contribution in [0.3, 0.4) is 0 Å². The molecule has 4 nitrogen and oxygen atoms in total. The Morgan fingerprint density at radius 1 is 1.50 bits per heavy atom. The van der Waals surface area contributed by atoms with Crippen LogP contribution >= 0.6 is 0 Å². The number of carbonyl (C=O) groups excluding carboxylic acids is 1. The fraction of sp³-hybridized carbons (Fsp3) is 0.417. The standard InChI is InChI=1S/C12H16N2O2/c1-7(2)8-4-3-5-9-11(8)16-10(6-13)12(15)14-9/h3-5,7,10H,6,13H2,1-2H3,(H,14,15). The fourth-order valence-corrected chi connectivity index (χ4v) is 1.80. The average Bonchev–Trinajstić information content (AvgIpc) is 2.26. The molecule has 1 aliphatic rings. The van der Waals surface area contributed by atoms with Gasteiger partial charge in [-0.25, -0.2) is 0 Å². The lowest BCUT2D eigenvalue weighted by atomic mass is 10.00. The molecule has 0 saturated heterocycles. The van der Waals surface area contributed by atoms with E-state index < -0.39 is 6.10 Å². The van der Waals surface area contributed by atoms with E-state index in [0.29, 0.717) is 5.92 Å². The summed E-state index contributed by atoms with van der Waals surface area (Å²) in [4.78, 5) is 11.6. The van der Waals surface area contributed by atoms with Crippen molar-refractivity contribution in [2.75, 3.05) is 11.9 Å². The summed E-state index contributed by atoms with van der Waals surface area (Å²) >= 11 is 0. The highest BCUT2D eigenvalue weighted by Gasteiger charge is 2.28. The van der Waals surface area contributed by atoms with Gasteiger partial charge in [-0.2, -0.15) is 0 Å². The number of nitrogens with one attached hydrogen (secondary N) is 1. The Hall–Kier alpha value is -1.55. The Bertz CT molecular complexity index is 415. The SMILES string of the molecule is CC(C)c1cccc2c1OC(CN)C(=O)N2. The number of hydrogen-bond donors (Lipinski definition) is 2. The van der Waals surface area contributed by atoms with Crippen molar-refractivity contribution in [3.8, 4) is 5.75 Å². The summed E-state index contributed by atoms with van der Waals surface area (Å²) in [6, 6.07) is 5.76. The highest BCUT2D eigenvalue weighted by atomic mass is 16.5. The van der Waals surface area contributed by atoms with Gasteiger partial charge in [0.25, 0.3) is 5.91 Å². The van der Waals surface area contributed by atoms with Crippen molar-refractivity contribution in [1.82, 2.24) is 0 Å². The maximum absolute atomic E-state index is 11.6. The van der Waals surface area contributed by atoms with Gasteiger partial charge in [-0.15, -0.1) is 0 Å². The van der Waals surface area contributed by atoms with Gasteiger partial charge in [-0.05, 0) is 17.5 Å². The zero-order valence-electron chi connectivity index (χ0n) is 9.49. The first-order chi connectivity index (χ1) is 7.63. The van der Waals surface area contributed by atoms with Crippen molar-refractivity contribution in [2.24, 2.45) is 5.73 Å². The number of amides is 1. The predicted octanol–water partition coefficient (Wildman–Crippen LogP) is 1.47. The molecule has 16 heavy (non-hydrogen) atoms. The topological polar surface area (TPSA) is 64.3 Å². The van der Waals surface area contributed by atoms with Crippen LogP contribution in [0, 0.1) is 0 Å². The third-order valence-corrected chi connectivity index (χ3v) is 2.69. The first-order valence-electron chi connectivity index (χ1n) is 5.44. The van der Waals surface area contributed by atoms with Crippen molar-refractivity contribution in [2.45, 2.75) is 25.9 Å². The Labute approximate surface area is 94.8 Å². The first-order valence-corrected chi connectivity index (χ1v) is 5.44. The maximum Gasteiger partial charge on any atom is 0.266 e. The van der Waals surface area contributed by atoms with Crippen molar-refractivity contribution in [3.05, 3.63) is 23.8 Å². The molecule has 0 fully saturated rings. The Balaban J connectivity index is 2.43. The largest absolute Gasteiger partial charge is 0.477 e. The van der Waals surface area contributed by atoms with Gasteiger partial charge in [0, 0.05) is 6.54 Å². The molecule has 0 aromatic heterocycles. The van der Waals surface area contributed by atoms with Gasteiger partial charge in [0.2, 0.25) is 0 Å². The Kier molecular flexibility index (Phi) is 2.83. The summed E-state index contributed by atoms with van der Waals surface area (Å²) in [5.41, 5.74) is 7.32. The molecule has 1 unspecified atom stereocenters. The molecule has 1 aromatic rings. The van der Waals surface area contributed by atoms with E-state index in [-0.39, 0.29) is 12.5 Å². The van der Waals surface area contributed by atoms with E-state index in [1.165, 1.54) is 0 Å². The molecular formula is C12H16N2O2. The van der Waals surface area contributed by atoms with E-state index in [1.807, 2.05) is 18.2 Å². The summed E-state index contributed by atoms with van der Waals surface area (Å²) in [6.45, 7) is 4.37. The minimum atomic E-state index is -0.576. The minimum absolute atomic E-state index is 0.170. The summed E-state index contributed by atoms with van der Waals surface area (Å²) in [7, 11) is 0. The molecular weight excluding hydrogens is 204 g/mol. The van der Waals surface area contributed by atoms with Crippen molar-refractivity contribution in [1.29, 1.82) is 0 Å². The molecule has 0 aliphatic carbocycles. The molecule has 4 heteroatoms. The molecule has 0 radical (unpaired) electrons. The van der Waals surface area contributed by atoms with E-state index in [2.05, 4.69) is 19.2 Å². The number of fused-ring (bicyclic) bond motifs is 1. The molecule has 86 valence electrons. The van der Waals surface area contributed by atoms with Crippen LogP contribution in [0.1, 0.15) is 25.3 Å². The van der Waals surface area contributed by atoms with Gasteiger partial charge in [0.1, 0.15) is 5.75 Å². The van der Waals surface area contributed by atoms with Gasteiger partial charge in [-0.3, -0.25) is 4.79 Å². The molecule has 1 aromatic carbocycles. The minimum Gasteiger partial charge on any atom is -0.477 e. The van der Waals surface area contributed by atoms with Gasteiger partial charge in [0.05, 0.1) is 5.69 Å². The second kappa shape index (κ2) is 4.14. The first kappa shape index (κ1) is 11.0. The molecule has 0 saturated carbocycles. The van der Waals surface area contributed by atoms with Crippen LogP contribution in [0.5, 0.6) is 5.75 Å². The van der Waals surface area contributed by atoms with E-state index in [0.717, 1.165) is 17.0 Å². The van der Waals surface area contributed by atoms with E-state index in [9.17, 15) is 4.79 Å². The van der Waals surface area contributed by atoms with Crippen LogP contribution in [-0.2, 0) is 4.79 Å². The van der Waals surface area contributed by atoms with Crippen LogP contribution in [0.15, 0.2) is 18.2 Å². The van der Waals surface area contributed by atoms with Crippen molar-refractivity contribution >= 4 is 11.6 Å². The zero-order chi connectivity index (χ0) is 11.7. The number of anilines is 1. The Morgan fingerprint density at radius 2 is 2.25 bits per heavy atom. The maximum atomic E-state index is 11.6. The Morgan fingerprint density at radius 3 is 2.88 bits per heavy atom. The molecule has 0 bridgehead atoms. The quantitative estimate of drug-likeness (QED) is 0.793. The lowest BCUT2D eigenvalue weighted by Crippen LogP contribution is -2.42. The fourth-order valence-electron chi connectivity index (χ4n) is 1.80. The van der Waals surface area contributed by atoms with Crippen LogP contribution in [0.25, 0.3) is 0 Å². The second-order valence-corrected chi connectivity index (χ2v) is 4.21. The van der Waals surface area contributed by atoms with Gasteiger partial charge in [0.15, 0.2) is 6.10 Å². The normalized spacial score (nSPS) is 19.0. The second-order valence-electron chi connectivity index (χ2n) is 4.21. The molecule has 0 spiro atoms. The monoisotopic (exact) mass is 220 g/mol. The number of nitrogens with two attached hydrogens (primary N) is 1. The summed E-state index contributed by atoms with van der Waals surface area (Å²) in [5.74, 6) is 0.937. The van der Waals surface area contributed by atoms with Gasteiger partial charge < -0.3 is 15.8 Å². The van der Waals surface area contributed by atoms with Crippen LogP contribution in [0.4, 0.5) is 5.69 Å². The van der Waals surface area contributed by atoms with Crippen molar-refractivity contribution in [3.63, 3.8) is 0 Å². The van der Waals surface area contributed by atoms with E-state index >= 15 is 0 Å². The van der Waals surface area contributed by atoms with E-state index in [4.69, 9.17) is 10.5 Å². The lowest BCUT2D eigenvalue weighted by molar-refractivity contribution is -0.123. The number of hydrogen-bond acceptors (Lipinski definition) is 3. The molecule has 1 heterocycles. The highest BCUT2D eigenvalue weighted by molar-refractivity contribution is 5.98. The van der Waals surface area contributed by atoms with Crippen LogP contribution in [0.2, 0.25) is 0 Å². The number of carbonyl (C=O) groups is 1. The molecule has 1 amide bonds. The van der Waals surface area contributed by atoms with Crippen molar-refractivity contribution < 1.29 is 9.53 Å². The predicted molar refractivity (Wildman–Crippen MR) is 62.6 cm³/mol. The molecule has 3 N–H and O–H groups in total. The zero-order valence-corrected chi connectivity index (χ0v) is 9.49. The number of rotatable bonds is 2. The summed E-state index contributed by atoms with van der Waals surface area (Å²) in [5, 5.41) is 2.81. The third-order valence-electron chi connectivity index (χ3n) is 2.69. The number of ether oxygens (including phenoxy) is 1. The molecule has 1 atom stereocenters. The highest BCUT2D eigenvalue weighted by Crippen LogP contribution is 2.36. The lowest BCUT2D eigenvalue weighted by Gasteiger charge is -2.27. The van der Waals surface area contributed by atoms with Crippen LogP contribution < -0.4 is 15.8 Å².